The van der Waals surface area contributed by atoms with E-state index in [-0.39, 0.29) is 63.0 Å². The third-order valence-electron chi connectivity index (χ3n) is 10.4. The molecule has 2 aromatic heterocycles. The SMILES string of the molecule is CCOC(=O)c1cn(C2CC2)c2cc(Cl)c(F)cc2c1=O.CCOC(=O)c1cn(C2CC2)c2cc(N3CC[N+](C)([O-])CC3)c(F)cc2c1=O.[O-]C1CCNCC1. The van der Waals surface area contributed by atoms with Gasteiger partial charge in [0.15, 0.2) is 0 Å². The zero-order chi connectivity index (χ0) is 40.3. The van der Waals surface area contributed by atoms with Crippen LogP contribution in [-0.2, 0) is 9.47 Å². The standard InChI is InChI=1S/C20H24FN3O4.C15H13ClFNO3.C5H10NO/c1-3-28-20(26)15-12-23(13-4-5-13)17-11-18(16(21)10-14(17)19(15)25)22-6-8-24(2,27)9-7-22;1-2-21-15(20)10-7-18(8-3-4-8)13-6-11(16)12(17)5-9(13)14(10)19;7-5-1-3-6-4-2-5/h10-13H,3-9H2,1-2H3;5-8H,2-4H2,1H3;5-6H,1-4H2/q;;-1. The second-order valence-corrected chi connectivity index (χ2v) is 15.2. The largest absolute Gasteiger partial charge is 0.852 e. The van der Waals surface area contributed by atoms with Gasteiger partial charge < -0.3 is 43.8 Å². The Kier molecular flexibility index (Phi) is 12.8. The zero-order valence-corrected chi connectivity index (χ0v) is 32.5. The molecule has 0 spiro atoms. The van der Waals surface area contributed by atoms with Gasteiger partial charge in [-0.05, 0) is 76.9 Å². The number of aromatic nitrogens is 2. The van der Waals surface area contributed by atoms with Gasteiger partial charge in [0.2, 0.25) is 10.9 Å². The Hall–Kier alpha value is -4.41. The van der Waals surface area contributed by atoms with E-state index >= 15 is 0 Å². The van der Waals surface area contributed by atoms with Crippen LogP contribution in [0.3, 0.4) is 0 Å². The molecule has 8 rings (SSSR count). The van der Waals surface area contributed by atoms with Crippen LogP contribution in [0.5, 0.6) is 0 Å². The van der Waals surface area contributed by atoms with Gasteiger partial charge in [-0.1, -0.05) is 24.4 Å². The minimum absolute atomic E-state index is 0.0415. The molecular weight excluding hydrogens is 752 g/mol. The first-order valence-electron chi connectivity index (χ1n) is 19.2. The number of piperidine rings is 1. The number of quaternary nitrogens is 1. The highest BCUT2D eigenvalue weighted by Gasteiger charge is 2.30. The van der Waals surface area contributed by atoms with E-state index in [1.165, 1.54) is 18.3 Å². The Labute approximate surface area is 327 Å². The first-order chi connectivity index (χ1) is 26.7. The van der Waals surface area contributed by atoms with Crippen LogP contribution in [0, 0.1) is 16.8 Å². The van der Waals surface area contributed by atoms with E-state index in [2.05, 4.69) is 5.32 Å². The Morgan fingerprint density at radius 3 is 1.70 bits per heavy atom. The Morgan fingerprint density at radius 2 is 1.27 bits per heavy atom. The summed E-state index contributed by atoms with van der Waals surface area (Å²) >= 11 is 5.81. The third-order valence-corrected chi connectivity index (χ3v) is 10.6. The number of rotatable bonds is 7. The fourth-order valence-electron chi connectivity index (χ4n) is 6.89. The molecule has 0 radical (unpaired) electrons. The molecule has 16 heteroatoms. The second kappa shape index (κ2) is 17.4. The monoisotopic (exact) mass is 798 g/mol. The molecule has 1 N–H and O–H groups in total. The lowest BCUT2D eigenvalue weighted by atomic mass is 10.1. The molecule has 2 aliphatic carbocycles. The number of esters is 2. The van der Waals surface area contributed by atoms with Crippen LogP contribution in [0.1, 0.15) is 85.2 Å². The number of anilines is 1. The van der Waals surface area contributed by atoms with E-state index in [1.54, 1.807) is 33.2 Å². The fourth-order valence-corrected chi connectivity index (χ4v) is 7.05. The fraction of sp³-hybridized carbons (Fsp3) is 0.500. The Balaban J connectivity index is 0.000000166. The molecule has 4 heterocycles. The summed E-state index contributed by atoms with van der Waals surface area (Å²) in [5, 5.41) is 26.0. The summed E-state index contributed by atoms with van der Waals surface area (Å²) < 4.78 is 41.8. The van der Waals surface area contributed by atoms with Gasteiger partial charge in [0.25, 0.3) is 0 Å². The van der Waals surface area contributed by atoms with E-state index < -0.39 is 34.4 Å². The topological polar surface area (TPSA) is 158 Å². The molecular formula is C40H47ClF2N5O8-. The Morgan fingerprint density at radius 1 is 0.804 bits per heavy atom. The number of nitrogens with one attached hydrogen (secondary N) is 1. The molecule has 4 fully saturated rings. The number of ether oxygens (including phenoxy) is 2. The van der Waals surface area contributed by atoms with Crippen molar-refractivity contribution in [3.05, 3.63) is 90.1 Å². The van der Waals surface area contributed by atoms with E-state index in [1.807, 2.05) is 14.0 Å². The molecule has 0 unspecified atom stereocenters. The smallest absolute Gasteiger partial charge is 0.343 e. The first-order valence-corrected chi connectivity index (χ1v) is 19.5. The summed E-state index contributed by atoms with van der Waals surface area (Å²) in [6, 6.07) is 5.82. The molecule has 56 heavy (non-hydrogen) atoms. The lowest BCUT2D eigenvalue weighted by Gasteiger charge is -2.45. The average Bonchev–Trinajstić information content (AvgIpc) is 4.10. The van der Waals surface area contributed by atoms with Crippen molar-refractivity contribution in [2.45, 2.75) is 70.6 Å². The van der Waals surface area contributed by atoms with Crippen molar-refractivity contribution >= 4 is 51.0 Å². The molecule has 302 valence electrons. The van der Waals surface area contributed by atoms with Gasteiger partial charge in [-0.2, -0.15) is 0 Å². The van der Waals surface area contributed by atoms with Crippen molar-refractivity contribution < 1.29 is 37.6 Å². The van der Waals surface area contributed by atoms with E-state index in [0.29, 0.717) is 42.9 Å². The number of hydroxylamine groups is 3. The number of piperazine rings is 1. The van der Waals surface area contributed by atoms with Crippen LogP contribution in [0.2, 0.25) is 5.02 Å². The van der Waals surface area contributed by atoms with Crippen LogP contribution in [0.25, 0.3) is 21.8 Å². The van der Waals surface area contributed by atoms with Gasteiger partial charge in [-0.3, -0.25) is 9.59 Å². The minimum atomic E-state index is -0.686. The number of benzene rings is 2. The van der Waals surface area contributed by atoms with Crippen LogP contribution in [0.15, 0.2) is 46.2 Å². The van der Waals surface area contributed by atoms with E-state index in [0.717, 1.165) is 57.7 Å². The quantitative estimate of drug-likeness (QED) is 0.156. The highest BCUT2D eigenvalue weighted by atomic mass is 35.5. The number of halogens is 3. The maximum absolute atomic E-state index is 14.9. The molecule has 0 amide bonds. The van der Waals surface area contributed by atoms with Gasteiger partial charge in [0, 0.05) is 35.2 Å². The van der Waals surface area contributed by atoms with Crippen molar-refractivity contribution in [3.63, 3.8) is 0 Å². The number of pyridine rings is 2. The summed E-state index contributed by atoms with van der Waals surface area (Å²) in [5.41, 5.74) is 0.367. The van der Waals surface area contributed by atoms with Crippen LogP contribution in [0.4, 0.5) is 14.5 Å². The molecule has 2 saturated heterocycles. The molecule has 2 aromatic carbocycles. The van der Waals surface area contributed by atoms with Gasteiger partial charge in [0.1, 0.15) is 22.8 Å². The highest BCUT2D eigenvalue weighted by Crippen LogP contribution is 2.39. The normalized spacial score (nSPS) is 18.1. The summed E-state index contributed by atoms with van der Waals surface area (Å²) in [6.07, 6.45) is 8.20. The van der Waals surface area contributed by atoms with Crippen molar-refractivity contribution in [1.29, 1.82) is 0 Å². The van der Waals surface area contributed by atoms with Crippen molar-refractivity contribution in [2.75, 3.05) is 64.4 Å². The molecule has 4 aliphatic rings. The summed E-state index contributed by atoms with van der Waals surface area (Å²) in [4.78, 5) is 51.2. The van der Waals surface area contributed by atoms with Gasteiger partial charge in [0.05, 0.1) is 68.2 Å². The Bertz CT molecular complexity index is 2220. The molecule has 0 atom stereocenters. The maximum Gasteiger partial charge on any atom is 0.343 e. The molecule has 0 bridgehead atoms. The van der Waals surface area contributed by atoms with Crippen molar-refractivity contribution in [1.82, 2.24) is 14.5 Å². The first kappa shape index (κ1) is 41.2. The lowest BCUT2D eigenvalue weighted by Crippen LogP contribution is -2.54. The summed E-state index contributed by atoms with van der Waals surface area (Å²) in [5.74, 6) is -2.56. The van der Waals surface area contributed by atoms with E-state index in [4.69, 9.17) is 21.1 Å². The molecule has 4 aromatic rings. The van der Waals surface area contributed by atoms with Crippen molar-refractivity contribution in [3.8, 4) is 0 Å². The predicted octanol–water partition coefficient (Wildman–Crippen LogP) is 4.82. The average molecular weight is 799 g/mol. The van der Waals surface area contributed by atoms with Crippen molar-refractivity contribution in [2.24, 2.45) is 0 Å². The summed E-state index contributed by atoms with van der Waals surface area (Å²) in [6.45, 7) is 7.21. The minimum Gasteiger partial charge on any atom is -0.852 e. The number of likely N-dealkylation sites (N-methyl/N-ethyl adjacent to an activating group) is 1. The predicted molar refractivity (Wildman–Crippen MR) is 207 cm³/mol. The molecule has 2 aliphatic heterocycles. The van der Waals surface area contributed by atoms with E-state index in [9.17, 15) is 38.3 Å². The zero-order valence-electron chi connectivity index (χ0n) is 31.8. The maximum atomic E-state index is 14.9. The van der Waals surface area contributed by atoms with Gasteiger partial charge >= 0.3 is 11.9 Å². The van der Waals surface area contributed by atoms with Gasteiger partial charge in [-0.15, -0.1) is 6.10 Å². The van der Waals surface area contributed by atoms with Crippen LogP contribution >= 0.6 is 11.6 Å². The summed E-state index contributed by atoms with van der Waals surface area (Å²) in [7, 11) is 1.62. The number of hydrogen-bond donors (Lipinski definition) is 1. The highest BCUT2D eigenvalue weighted by molar-refractivity contribution is 6.31. The number of fused-ring (bicyclic) bond motifs is 2. The number of nitrogens with zero attached hydrogens (tertiary/aromatic N) is 4. The lowest BCUT2D eigenvalue weighted by molar-refractivity contribution is -0.861. The number of hydrogen-bond acceptors (Lipinski definition) is 10. The van der Waals surface area contributed by atoms with Crippen LogP contribution in [-0.4, -0.2) is 91.4 Å². The van der Waals surface area contributed by atoms with Gasteiger partial charge in [-0.25, -0.2) is 18.4 Å². The third kappa shape index (κ3) is 9.40. The molecule has 13 nitrogen and oxygen atoms in total. The van der Waals surface area contributed by atoms with Crippen LogP contribution < -0.4 is 26.2 Å². The number of carbonyl (C=O) groups is 2. The second-order valence-electron chi connectivity index (χ2n) is 14.7. The number of carbonyl (C=O) groups excluding carboxylic acids is 2. The molecule has 2 saturated carbocycles.